The molecule has 0 radical (unpaired) electrons. The lowest BCUT2D eigenvalue weighted by molar-refractivity contribution is 0.836. The highest BCUT2D eigenvalue weighted by Gasteiger charge is 2.11. The van der Waals surface area contributed by atoms with Crippen LogP contribution in [0.15, 0.2) is 30.3 Å². The van der Waals surface area contributed by atoms with Gasteiger partial charge in [-0.15, -0.1) is 0 Å². The third kappa shape index (κ3) is 1.36. The molecule has 1 heterocycles. The van der Waals surface area contributed by atoms with Crippen molar-refractivity contribution in [2.75, 3.05) is 5.84 Å². The van der Waals surface area contributed by atoms with Gasteiger partial charge in [0.2, 0.25) is 0 Å². The van der Waals surface area contributed by atoms with Crippen molar-refractivity contribution in [3.05, 3.63) is 41.0 Å². The number of hydrogen-bond donors (Lipinski definition) is 1. The van der Waals surface area contributed by atoms with E-state index in [0.29, 0.717) is 5.15 Å². The highest BCUT2D eigenvalue weighted by Crippen LogP contribution is 2.26. The fraction of sp³-hybridized carbons (Fsp3) is 0.100. The predicted molar refractivity (Wildman–Crippen MR) is 57.6 cm³/mol. The second kappa shape index (κ2) is 3.35. The van der Waals surface area contributed by atoms with Crippen LogP contribution >= 0.6 is 11.6 Å². The van der Waals surface area contributed by atoms with Gasteiger partial charge in [0.25, 0.3) is 0 Å². The van der Waals surface area contributed by atoms with Gasteiger partial charge in [0, 0.05) is 11.1 Å². The van der Waals surface area contributed by atoms with Crippen molar-refractivity contribution < 1.29 is 0 Å². The zero-order valence-electron chi connectivity index (χ0n) is 7.74. The molecular weight excluding hydrogens is 198 g/mol. The molecule has 3 nitrogen and oxygen atoms in total. The van der Waals surface area contributed by atoms with Gasteiger partial charge in [-0.3, -0.25) is 0 Å². The first-order valence-electron chi connectivity index (χ1n) is 4.26. The van der Waals surface area contributed by atoms with Gasteiger partial charge in [-0.1, -0.05) is 41.9 Å². The van der Waals surface area contributed by atoms with Crippen molar-refractivity contribution in [2.45, 2.75) is 6.92 Å². The number of nitrogens with zero attached hydrogens (tertiary/aromatic N) is 2. The Hall–Kier alpha value is -1.48. The second-order valence-electron chi connectivity index (χ2n) is 3.08. The quantitative estimate of drug-likeness (QED) is 0.729. The summed E-state index contributed by atoms with van der Waals surface area (Å²) in [7, 11) is 0. The maximum absolute atomic E-state index is 5.92. The maximum atomic E-state index is 5.92. The number of rotatable bonds is 1. The Morgan fingerprint density at radius 1 is 1.29 bits per heavy atom. The van der Waals surface area contributed by atoms with Crippen LogP contribution in [-0.4, -0.2) is 9.89 Å². The number of nitrogen functional groups attached to an aromatic ring is 1. The summed E-state index contributed by atoms with van der Waals surface area (Å²) in [6.45, 7) is 1.90. The summed E-state index contributed by atoms with van der Waals surface area (Å²) < 4.78 is 0. The minimum absolute atomic E-state index is 0.476. The van der Waals surface area contributed by atoms with E-state index in [2.05, 4.69) is 5.10 Å². The standard InChI is InChI=1S/C10H10ClN3/c1-7-9(13-14(12)10(7)11)8-5-3-2-4-6-8/h2-6H,12H2,1H3. The lowest BCUT2D eigenvalue weighted by Gasteiger charge is -1.96. The van der Waals surface area contributed by atoms with Crippen LogP contribution in [0, 0.1) is 6.92 Å². The molecule has 72 valence electrons. The average Bonchev–Trinajstić information content (AvgIpc) is 2.47. The van der Waals surface area contributed by atoms with E-state index in [1.165, 1.54) is 4.79 Å². The predicted octanol–water partition coefficient (Wildman–Crippen LogP) is 2.23. The van der Waals surface area contributed by atoms with E-state index in [9.17, 15) is 0 Å². The van der Waals surface area contributed by atoms with Gasteiger partial charge >= 0.3 is 0 Å². The molecule has 0 atom stereocenters. The Labute approximate surface area is 87.1 Å². The second-order valence-corrected chi connectivity index (χ2v) is 3.43. The molecule has 0 saturated carbocycles. The third-order valence-electron chi connectivity index (χ3n) is 2.12. The van der Waals surface area contributed by atoms with Crippen molar-refractivity contribution in [3.63, 3.8) is 0 Å². The first-order valence-corrected chi connectivity index (χ1v) is 4.63. The molecule has 0 spiro atoms. The van der Waals surface area contributed by atoms with Gasteiger partial charge < -0.3 is 5.84 Å². The smallest absolute Gasteiger partial charge is 0.153 e. The molecule has 0 bridgehead atoms. The SMILES string of the molecule is Cc1c(-c2ccccc2)nn(N)c1Cl. The molecule has 0 amide bonds. The fourth-order valence-corrected chi connectivity index (χ4v) is 1.49. The summed E-state index contributed by atoms with van der Waals surface area (Å²) in [4.78, 5) is 1.19. The highest BCUT2D eigenvalue weighted by molar-refractivity contribution is 6.30. The molecule has 0 aliphatic heterocycles. The lowest BCUT2D eigenvalue weighted by atomic mass is 10.1. The molecule has 1 aromatic carbocycles. The van der Waals surface area contributed by atoms with Gasteiger partial charge in [0.1, 0.15) is 0 Å². The molecule has 2 N–H and O–H groups in total. The number of nitrogens with two attached hydrogens (primary N) is 1. The van der Waals surface area contributed by atoms with E-state index in [0.717, 1.165) is 16.8 Å². The normalized spacial score (nSPS) is 10.4. The average molecular weight is 208 g/mol. The van der Waals surface area contributed by atoms with Crippen LogP contribution in [-0.2, 0) is 0 Å². The molecule has 0 aliphatic carbocycles. The summed E-state index contributed by atoms with van der Waals surface area (Å²) >= 11 is 5.92. The molecule has 1 aromatic heterocycles. The van der Waals surface area contributed by atoms with Crippen molar-refractivity contribution in [2.24, 2.45) is 0 Å². The Balaban J connectivity index is 2.58. The molecule has 0 fully saturated rings. The van der Waals surface area contributed by atoms with Crippen LogP contribution in [0.25, 0.3) is 11.3 Å². The zero-order chi connectivity index (χ0) is 10.1. The van der Waals surface area contributed by atoms with Crippen molar-refractivity contribution >= 4 is 11.6 Å². The molecule has 14 heavy (non-hydrogen) atoms. The van der Waals surface area contributed by atoms with E-state index >= 15 is 0 Å². The summed E-state index contributed by atoms with van der Waals surface area (Å²) in [6, 6.07) is 9.83. The Morgan fingerprint density at radius 2 is 1.93 bits per heavy atom. The van der Waals surface area contributed by atoms with Gasteiger partial charge in [0.05, 0.1) is 5.69 Å². The zero-order valence-corrected chi connectivity index (χ0v) is 8.49. The number of benzene rings is 1. The van der Waals surface area contributed by atoms with Crippen LogP contribution < -0.4 is 5.84 Å². The van der Waals surface area contributed by atoms with E-state index in [4.69, 9.17) is 17.4 Å². The molecule has 4 heteroatoms. The van der Waals surface area contributed by atoms with Crippen molar-refractivity contribution in [3.8, 4) is 11.3 Å². The Bertz CT molecular complexity index is 448. The Kier molecular flexibility index (Phi) is 2.17. The van der Waals surface area contributed by atoms with Crippen LogP contribution in [0.2, 0.25) is 5.15 Å². The summed E-state index contributed by atoms with van der Waals surface area (Å²) in [5.74, 6) is 5.55. The topological polar surface area (TPSA) is 43.8 Å². The van der Waals surface area contributed by atoms with E-state index < -0.39 is 0 Å². The summed E-state index contributed by atoms with van der Waals surface area (Å²) in [5, 5.41) is 4.62. The van der Waals surface area contributed by atoms with Gasteiger partial charge in [-0.05, 0) is 6.92 Å². The van der Waals surface area contributed by atoms with Crippen LogP contribution in [0.5, 0.6) is 0 Å². The molecular formula is C10H10ClN3. The van der Waals surface area contributed by atoms with Crippen molar-refractivity contribution in [1.82, 2.24) is 9.89 Å². The summed E-state index contributed by atoms with van der Waals surface area (Å²) in [5.41, 5.74) is 2.76. The van der Waals surface area contributed by atoms with E-state index in [1.54, 1.807) is 0 Å². The molecule has 2 rings (SSSR count). The van der Waals surface area contributed by atoms with Gasteiger partial charge in [0.15, 0.2) is 5.15 Å². The van der Waals surface area contributed by atoms with Crippen LogP contribution in [0.3, 0.4) is 0 Å². The lowest BCUT2D eigenvalue weighted by Crippen LogP contribution is -2.09. The minimum atomic E-state index is 0.476. The monoisotopic (exact) mass is 207 g/mol. The van der Waals surface area contributed by atoms with Gasteiger partial charge in [-0.2, -0.15) is 9.89 Å². The van der Waals surface area contributed by atoms with Crippen molar-refractivity contribution in [1.29, 1.82) is 0 Å². The molecule has 0 unspecified atom stereocenters. The fourth-order valence-electron chi connectivity index (χ4n) is 1.37. The maximum Gasteiger partial charge on any atom is 0.153 e. The van der Waals surface area contributed by atoms with E-state index in [1.807, 2.05) is 37.3 Å². The van der Waals surface area contributed by atoms with Crippen LogP contribution in [0.1, 0.15) is 5.56 Å². The molecule has 2 aromatic rings. The van der Waals surface area contributed by atoms with Crippen LogP contribution in [0.4, 0.5) is 0 Å². The molecule has 0 aliphatic rings. The Morgan fingerprint density at radius 3 is 2.43 bits per heavy atom. The number of aromatic nitrogens is 2. The summed E-state index contributed by atoms with van der Waals surface area (Å²) in [6.07, 6.45) is 0. The van der Waals surface area contributed by atoms with E-state index in [-0.39, 0.29) is 0 Å². The largest absolute Gasteiger partial charge is 0.322 e. The highest BCUT2D eigenvalue weighted by atomic mass is 35.5. The first-order chi connectivity index (χ1) is 6.70. The molecule has 0 saturated heterocycles. The van der Waals surface area contributed by atoms with Gasteiger partial charge in [-0.25, -0.2) is 0 Å². The number of hydrogen-bond acceptors (Lipinski definition) is 2. The first kappa shape index (κ1) is 9.09. The third-order valence-corrected chi connectivity index (χ3v) is 2.58. The minimum Gasteiger partial charge on any atom is -0.322 e. The number of halogens is 1.